The first-order valence-corrected chi connectivity index (χ1v) is 9.96. The van der Waals surface area contributed by atoms with Crippen LogP contribution >= 0.6 is 0 Å². The number of ether oxygens (including phenoxy) is 2. The van der Waals surface area contributed by atoms with E-state index < -0.39 is 0 Å². The maximum Gasteiger partial charge on any atom is 0.231 e. The highest BCUT2D eigenvalue weighted by Gasteiger charge is 2.23. The summed E-state index contributed by atoms with van der Waals surface area (Å²) in [5.74, 6) is 2.44. The topological polar surface area (TPSA) is 75.2 Å². The Morgan fingerprint density at radius 1 is 1.14 bits per heavy atom. The molecule has 0 spiro atoms. The summed E-state index contributed by atoms with van der Waals surface area (Å²) in [5.41, 5.74) is 3.40. The number of para-hydroxylation sites is 1. The van der Waals surface area contributed by atoms with Crippen molar-refractivity contribution in [3.8, 4) is 11.5 Å². The Bertz CT molecular complexity index is 913. The number of nitrogens with zero attached hydrogens (tertiary/aromatic N) is 2. The molecule has 152 valence electrons. The van der Waals surface area contributed by atoms with Gasteiger partial charge in [-0.1, -0.05) is 24.3 Å². The van der Waals surface area contributed by atoms with E-state index in [0.29, 0.717) is 25.5 Å². The highest BCUT2D eigenvalue weighted by Crippen LogP contribution is 2.32. The molecule has 0 atom stereocenters. The molecule has 0 radical (unpaired) electrons. The quantitative estimate of drug-likeness (QED) is 0.447. The van der Waals surface area contributed by atoms with E-state index in [4.69, 9.17) is 9.47 Å². The molecule has 29 heavy (non-hydrogen) atoms. The minimum Gasteiger partial charge on any atom is -0.454 e. The Kier molecular flexibility index (Phi) is 5.84. The summed E-state index contributed by atoms with van der Waals surface area (Å²) < 4.78 is 10.7. The van der Waals surface area contributed by atoms with Gasteiger partial charge in [-0.3, -0.25) is 9.79 Å². The van der Waals surface area contributed by atoms with E-state index >= 15 is 0 Å². The number of nitrogens with one attached hydrogen (secondary N) is 2. The van der Waals surface area contributed by atoms with Gasteiger partial charge in [0.15, 0.2) is 17.5 Å². The lowest BCUT2D eigenvalue weighted by atomic mass is 10.2. The molecule has 2 heterocycles. The lowest BCUT2D eigenvalue weighted by Crippen LogP contribution is -2.37. The van der Waals surface area contributed by atoms with Gasteiger partial charge in [0.2, 0.25) is 12.7 Å². The van der Waals surface area contributed by atoms with Crippen LogP contribution in [0.1, 0.15) is 24.0 Å². The fourth-order valence-corrected chi connectivity index (χ4v) is 3.64. The van der Waals surface area contributed by atoms with E-state index in [0.717, 1.165) is 42.1 Å². The Labute approximate surface area is 170 Å². The first-order chi connectivity index (χ1) is 14.2. The summed E-state index contributed by atoms with van der Waals surface area (Å²) in [4.78, 5) is 18.7. The molecular formula is C22H26N4O3. The predicted octanol–water partition coefficient (Wildman–Crippen LogP) is 2.45. The summed E-state index contributed by atoms with van der Waals surface area (Å²) in [6, 6.07) is 14.0. The van der Waals surface area contributed by atoms with Crippen LogP contribution in [-0.4, -0.2) is 38.8 Å². The normalized spacial score (nSPS) is 14.7. The zero-order valence-corrected chi connectivity index (χ0v) is 16.6. The van der Waals surface area contributed by atoms with Crippen molar-refractivity contribution < 1.29 is 14.3 Å². The molecule has 0 saturated heterocycles. The molecule has 2 aromatic rings. The van der Waals surface area contributed by atoms with Crippen LogP contribution in [0.5, 0.6) is 11.5 Å². The lowest BCUT2D eigenvalue weighted by molar-refractivity contribution is -0.118. The molecule has 0 bridgehead atoms. The Morgan fingerprint density at radius 2 is 2.00 bits per heavy atom. The van der Waals surface area contributed by atoms with Crippen molar-refractivity contribution in [2.24, 2.45) is 4.99 Å². The average molecular weight is 394 g/mol. The van der Waals surface area contributed by atoms with Crippen LogP contribution in [0.4, 0.5) is 5.69 Å². The number of fused-ring (bicyclic) bond motifs is 2. The number of rotatable bonds is 6. The van der Waals surface area contributed by atoms with Crippen LogP contribution < -0.4 is 25.0 Å². The molecule has 0 fully saturated rings. The van der Waals surface area contributed by atoms with E-state index in [1.165, 1.54) is 5.56 Å². The number of amides is 1. The molecule has 2 aliphatic rings. The van der Waals surface area contributed by atoms with Crippen LogP contribution in [0.3, 0.4) is 0 Å². The van der Waals surface area contributed by atoms with Gasteiger partial charge < -0.3 is 25.0 Å². The largest absolute Gasteiger partial charge is 0.454 e. The minimum atomic E-state index is 0.181. The number of benzene rings is 2. The molecule has 7 heteroatoms. The number of carbonyl (C=O) groups excluding carboxylic acids is 1. The number of guanidine groups is 1. The lowest BCUT2D eigenvalue weighted by Gasteiger charge is -2.17. The first-order valence-electron chi connectivity index (χ1n) is 9.96. The molecule has 7 nitrogen and oxygen atoms in total. The highest BCUT2D eigenvalue weighted by atomic mass is 16.7. The van der Waals surface area contributed by atoms with Gasteiger partial charge in [0.1, 0.15) is 0 Å². The summed E-state index contributed by atoms with van der Waals surface area (Å²) in [6.07, 6.45) is 2.21. The van der Waals surface area contributed by atoms with Gasteiger partial charge >= 0.3 is 0 Å². The maximum absolute atomic E-state index is 12.6. The fourth-order valence-electron chi connectivity index (χ4n) is 3.64. The smallest absolute Gasteiger partial charge is 0.231 e. The van der Waals surface area contributed by atoms with Crippen molar-refractivity contribution in [1.29, 1.82) is 0 Å². The second kappa shape index (κ2) is 8.86. The maximum atomic E-state index is 12.6. The van der Waals surface area contributed by atoms with Crippen LogP contribution in [-0.2, 0) is 17.8 Å². The Hall–Kier alpha value is -3.22. The summed E-state index contributed by atoms with van der Waals surface area (Å²) in [6.45, 7) is 2.36. The highest BCUT2D eigenvalue weighted by molar-refractivity contribution is 5.95. The molecule has 0 saturated carbocycles. The van der Waals surface area contributed by atoms with E-state index in [1.807, 2.05) is 41.3 Å². The van der Waals surface area contributed by atoms with Gasteiger partial charge in [0, 0.05) is 38.8 Å². The molecule has 0 aromatic heterocycles. The molecule has 1 amide bonds. The second-order valence-electron chi connectivity index (χ2n) is 7.07. The number of carbonyl (C=O) groups is 1. The zero-order valence-electron chi connectivity index (χ0n) is 16.6. The van der Waals surface area contributed by atoms with Gasteiger partial charge in [-0.25, -0.2) is 0 Å². The van der Waals surface area contributed by atoms with Crippen LogP contribution in [0.25, 0.3) is 0 Å². The summed E-state index contributed by atoms with van der Waals surface area (Å²) >= 11 is 0. The van der Waals surface area contributed by atoms with Gasteiger partial charge in [-0.05, 0) is 42.2 Å². The van der Waals surface area contributed by atoms with Crippen LogP contribution in [0, 0.1) is 0 Å². The number of anilines is 1. The molecule has 4 rings (SSSR count). The van der Waals surface area contributed by atoms with Gasteiger partial charge in [-0.2, -0.15) is 0 Å². The molecule has 2 aromatic carbocycles. The van der Waals surface area contributed by atoms with E-state index in [2.05, 4.69) is 21.7 Å². The third kappa shape index (κ3) is 4.45. The molecule has 2 N–H and O–H groups in total. The molecule has 0 unspecified atom stereocenters. The van der Waals surface area contributed by atoms with Crippen molar-refractivity contribution >= 4 is 17.6 Å². The third-order valence-corrected chi connectivity index (χ3v) is 5.17. The van der Waals surface area contributed by atoms with Crippen molar-refractivity contribution in [2.75, 3.05) is 31.8 Å². The fraction of sp³-hybridized carbons (Fsp3) is 0.364. The van der Waals surface area contributed by atoms with Crippen LogP contribution in [0.15, 0.2) is 47.5 Å². The minimum absolute atomic E-state index is 0.181. The van der Waals surface area contributed by atoms with Crippen LogP contribution in [0.2, 0.25) is 0 Å². The number of hydrogen-bond acceptors (Lipinski definition) is 4. The molecule has 0 aliphatic carbocycles. The van der Waals surface area contributed by atoms with E-state index in [9.17, 15) is 4.79 Å². The zero-order chi connectivity index (χ0) is 20.1. The van der Waals surface area contributed by atoms with Crippen molar-refractivity contribution in [2.45, 2.75) is 25.8 Å². The summed E-state index contributed by atoms with van der Waals surface area (Å²) in [7, 11) is 1.74. The Balaban J connectivity index is 1.19. The van der Waals surface area contributed by atoms with E-state index in [-0.39, 0.29) is 12.7 Å². The van der Waals surface area contributed by atoms with Crippen molar-refractivity contribution in [1.82, 2.24) is 10.6 Å². The monoisotopic (exact) mass is 394 g/mol. The average Bonchev–Trinajstić information content (AvgIpc) is 3.39. The standard InChI is InChI=1S/C22H26N4O3/c1-23-22(25-14-16-8-9-19-20(13-16)29-15-28-19)24-11-4-7-21(27)26-12-10-17-5-2-3-6-18(17)26/h2-3,5-6,8-9,13H,4,7,10-12,14-15H2,1H3,(H2,23,24,25). The molecule has 2 aliphatic heterocycles. The Morgan fingerprint density at radius 3 is 2.90 bits per heavy atom. The summed E-state index contributed by atoms with van der Waals surface area (Å²) in [5, 5.41) is 6.55. The van der Waals surface area contributed by atoms with Crippen molar-refractivity contribution in [3.63, 3.8) is 0 Å². The second-order valence-corrected chi connectivity index (χ2v) is 7.07. The molecular weight excluding hydrogens is 368 g/mol. The van der Waals surface area contributed by atoms with Crippen molar-refractivity contribution in [3.05, 3.63) is 53.6 Å². The van der Waals surface area contributed by atoms with E-state index in [1.54, 1.807) is 7.05 Å². The van der Waals surface area contributed by atoms with Gasteiger partial charge in [0.05, 0.1) is 0 Å². The van der Waals surface area contributed by atoms with Gasteiger partial charge in [0.25, 0.3) is 0 Å². The number of hydrogen-bond donors (Lipinski definition) is 2. The van der Waals surface area contributed by atoms with Gasteiger partial charge in [-0.15, -0.1) is 0 Å². The number of aliphatic imine (C=N–C) groups is 1. The third-order valence-electron chi connectivity index (χ3n) is 5.17. The first kappa shape index (κ1) is 19.1. The SMILES string of the molecule is CN=C(NCCCC(=O)N1CCc2ccccc21)NCc1ccc2c(c1)OCO2. The predicted molar refractivity (Wildman–Crippen MR) is 112 cm³/mol.